The van der Waals surface area contributed by atoms with Crippen molar-refractivity contribution in [1.82, 2.24) is 4.90 Å². The van der Waals surface area contributed by atoms with E-state index >= 15 is 0 Å². The summed E-state index contributed by atoms with van der Waals surface area (Å²) in [5, 5.41) is 19.1. The van der Waals surface area contributed by atoms with Crippen LogP contribution >= 0.6 is 35.3 Å². The van der Waals surface area contributed by atoms with Crippen molar-refractivity contribution in [2.45, 2.75) is 48.4 Å². The van der Waals surface area contributed by atoms with Gasteiger partial charge in [-0.3, -0.25) is 5.41 Å². The smallest absolute Gasteiger partial charge is 0.158 e. The first kappa shape index (κ1) is 17.8. The molecule has 2 N–H and O–H groups in total. The minimum atomic E-state index is -0.403. The van der Waals surface area contributed by atoms with E-state index in [1.54, 1.807) is 4.90 Å². The average molecular weight is 351 g/mol. The van der Waals surface area contributed by atoms with Crippen LogP contribution in [0.15, 0.2) is 0 Å². The molecule has 2 aliphatic heterocycles. The van der Waals surface area contributed by atoms with Crippen LogP contribution in [0.2, 0.25) is 0 Å². The molecule has 7 heteroatoms. The first-order valence-electron chi connectivity index (χ1n) is 7.46. The average Bonchev–Trinajstić information content (AvgIpc) is 2.46. The molecule has 0 aromatic heterocycles. The van der Waals surface area contributed by atoms with E-state index in [1.165, 1.54) is 18.2 Å². The van der Waals surface area contributed by atoms with E-state index in [0.29, 0.717) is 11.1 Å². The zero-order valence-corrected chi connectivity index (χ0v) is 15.4. The van der Waals surface area contributed by atoms with E-state index in [4.69, 9.17) is 10.1 Å². The third-order valence-corrected chi connectivity index (χ3v) is 7.95. The first-order valence-corrected chi connectivity index (χ1v) is 10.4. The molecule has 122 valence electrons. The lowest BCUT2D eigenvalue weighted by atomic mass is 9.95. The maximum atomic E-state index is 10.6. The minimum absolute atomic E-state index is 0.0121. The van der Waals surface area contributed by atoms with Crippen LogP contribution in [0.4, 0.5) is 0 Å². The molecule has 2 rings (SSSR count). The summed E-state index contributed by atoms with van der Waals surface area (Å²) in [7, 11) is 3.76. The van der Waals surface area contributed by atoms with Gasteiger partial charge in [-0.1, -0.05) is 18.7 Å². The van der Waals surface area contributed by atoms with Crippen molar-refractivity contribution in [2.75, 3.05) is 25.6 Å². The molecule has 2 aliphatic rings. The molecule has 4 nitrogen and oxygen atoms in total. The van der Waals surface area contributed by atoms with E-state index in [0.717, 1.165) is 24.3 Å². The standard InChI is InChI=1S/C14H26N2O2S3/c1-9-7-10(12(17)13-19-5-4-6-20-13)18-11(8-9)21-14(15)16(2)3/h9-13,15,17H,4-8H2,1-3H3. The summed E-state index contributed by atoms with van der Waals surface area (Å²) in [6.07, 6.45) is 2.61. The molecule has 0 aliphatic carbocycles. The number of nitrogens with zero attached hydrogens (tertiary/aromatic N) is 1. The Balaban J connectivity index is 1.91. The molecule has 0 amide bonds. The molecule has 0 saturated carbocycles. The van der Waals surface area contributed by atoms with Crippen LogP contribution in [0.3, 0.4) is 0 Å². The molecule has 0 aromatic carbocycles. The van der Waals surface area contributed by atoms with Crippen LogP contribution in [0.25, 0.3) is 0 Å². The fourth-order valence-electron chi connectivity index (χ4n) is 2.53. The molecule has 21 heavy (non-hydrogen) atoms. The van der Waals surface area contributed by atoms with Gasteiger partial charge in [0.15, 0.2) is 5.17 Å². The number of thioether (sulfide) groups is 3. The summed E-state index contributed by atoms with van der Waals surface area (Å²) in [6.45, 7) is 2.22. The minimum Gasteiger partial charge on any atom is -0.388 e. The van der Waals surface area contributed by atoms with Gasteiger partial charge < -0.3 is 14.7 Å². The molecular formula is C14H26N2O2S3. The Bertz CT molecular complexity index is 351. The fraction of sp³-hybridized carbons (Fsp3) is 0.929. The highest BCUT2D eigenvalue weighted by molar-refractivity contribution is 8.17. The van der Waals surface area contributed by atoms with Gasteiger partial charge in [-0.25, -0.2) is 0 Å². The van der Waals surface area contributed by atoms with Crippen molar-refractivity contribution >= 4 is 40.5 Å². The maximum absolute atomic E-state index is 10.6. The van der Waals surface area contributed by atoms with E-state index < -0.39 is 6.10 Å². The van der Waals surface area contributed by atoms with Crippen molar-refractivity contribution in [1.29, 1.82) is 5.41 Å². The lowest BCUT2D eigenvalue weighted by Gasteiger charge is -2.39. The van der Waals surface area contributed by atoms with E-state index in [1.807, 2.05) is 37.6 Å². The topological polar surface area (TPSA) is 56.6 Å². The first-order chi connectivity index (χ1) is 9.97. The third-order valence-electron chi connectivity index (χ3n) is 3.72. The van der Waals surface area contributed by atoms with Gasteiger partial charge in [0.2, 0.25) is 0 Å². The van der Waals surface area contributed by atoms with Crippen molar-refractivity contribution in [3.63, 3.8) is 0 Å². The number of aliphatic hydroxyl groups is 1. The molecule has 0 bridgehead atoms. The van der Waals surface area contributed by atoms with Crippen LogP contribution < -0.4 is 0 Å². The third kappa shape index (κ3) is 5.23. The van der Waals surface area contributed by atoms with Gasteiger partial charge >= 0.3 is 0 Å². The van der Waals surface area contributed by atoms with Crippen LogP contribution in [0.1, 0.15) is 26.2 Å². The second-order valence-corrected chi connectivity index (χ2v) is 9.90. The fourth-order valence-corrected chi connectivity index (χ4v) is 6.59. The Labute approximate surface area is 140 Å². The summed E-state index contributed by atoms with van der Waals surface area (Å²) in [6, 6.07) is 0. The Morgan fingerprint density at radius 2 is 2.00 bits per heavy atom. The zero-order chi connectivity index (χ0) is 15.4. The summed E-state index contributed by atoms with van der Waals surface area (Å²) >= 11 is 5.19. The molecule has 0 aromatic rings. The van der Waals surface area contributed by atoms with E-state index in [-0.39, 0.29) is 16.1 Å². The van der Waals surface area contributed by atoms with Crippen LogP contribution in [0, 0.1) is 11.3 Å². The molecule has 4 unspecified atom stereocenters. The number of hydrogen-bond acceptors (Lipinski definition) is 6. The van der Waals surface area contributed by atoms with E-state index in [2.05, 4.69) is 6.92 Å². The molecule has 0 radical (unpaired) electrons. The second-order valence-electron chi connectivity index (χ2n) is 5.95. The van der Waals surface area contributed by atoms with Crippen LogP contribution in [-0.4, -0.2) is 63.0 Å². The number of rotatable bonds is 3. The van der Waals surface area contributed by atoms with Crippen molar-refractivity contribution in [3.8, 4) is 0 Å². The summed E-state index contributed by atoms with van der Waals surface area (Å²) in [5.74, 6) is 2.81. The lowest BCUT2D eigenvalue weighted by molar-refractivity contribution is -0.0825. The highest BCUT2D eigenvalue weighted by atomic mass is 32.2. The van der Waals surface area contributed by atoms with Gasteiger partial charge in [0.05, 0.1) is 10.7 Å². The maximum Gasteiger partial charge on any atom is 0.158 e. The van der Waals surface area contributed by atoms with Gasteiger partial charge in [-0.2, -0.15) is 0 Å². The van der Waals surface area contributed by atoms with E-state index in [9.17, 15) is 5.11 Å². The van der Waals surface area contributed by atoms with Gasteiger partial charge in [0, 0.05) is 14.1 Å². The molecule has 0 spiro atoms. The van der Waals surface area contributed by atoms with Gasteiger partial charge in [0.25, 0.3) is 0 Å². The number of aliphatic hydroxyl groups excluding tert-OH is 1. The number of nitrogens with one attached hydrogen (secondary N) is 1. The monoisotopic (exact) mass is 350 g/mol. The summed E-state index contributed by atoms with van der Waals surface area (Å²) in [4.78, 5) is 1.80. The molecule has 2 heterocycles. The number of amidine groups is 1. The summed E-state index contributed by atoms with van der Waals surface area (Å²) in [5.41, 5.74) is -0.0121. The van der Waals surface area contributed by atoms with Crippen molar-refractivity contribution in [3.05, 3.63) is 0 Å². The quantitative estimate of drug-likeness (QED) is 0.603. The van der Waals surface area contributed by atoms with Crippen LogP contribution in [0.5, 0.6) is 0 Å². The number of hydrogen-bond donors (Lipinski definition) is 2. The SMILES string of the molecule is CC1CC(SC(=N)N(C)C)OC(C(O)C2SCCCS2)C1. The Hall–Kier alpha value is 0.440. The van der Waals surface area contributed by atoms with Crippen LogP contribution in [-0.2, 0) is 4.74 Å². The lowest BCUT2D eigenvalue weighted by Crippen LogP contribution is -2.43. The van der Waals surface area contributed by atoms with Gasteiger partial charge in [-0.05, 0) is 36.7 Å². The Morgan fingerprint density at radius 1 is 1.33 bits per heavy atom. The Morgan fingerprint density at radius 3 is 2.62 bits per heavy atom. The summed E-state index contributed by atoms with van der Waals surface area (Å²) < 4.78 is 6.35. The normalized spacial score (nSPS) is 32.7. The predicted molar refractivity (Wildman–Crippen MR) is 95.4 cm³/mol. The second kappa shape index (κ2) is 8.34. The molecule has 2 fully saturated rings. The zero-order valence-electron chi connectivity index (χ0n) is 12.9. The van der Waals surface area contributed by atoms with Gasteiger partial charge in [0.1, 0.15) is 11.5 Å². The number of ether oxygens (including phenoxy) is 1. The van der Waals surface area contributed by atoms with Crippen molar-refractivity contribution in [2.24, 2.45) is 5.92 Å². The Kier molecular flexibility index (Phi) is 7.06. The van der Waals surface area contributed by atoms with Gasteiger partial charge in [-0.15, -0.1) is 23.5 Å². The predicted octanol–water partition coefficient (Wildman–Crippen LogP) is 2.91. The highest BCUT2D eigenvalue weighted by Crippen LogP contribution is 2.39. The molecule has 4 atom stereocenters. The largest absolute Gasteiger partial charge is 0.388 e. The highest BCUT2D eigenvalue weighted by Gasteiger charge is 2.37. The molecule has 2 saturated heterocycles. The van der Waals surface area contributed by atoms with Crippen molar-refractivity contribution < 1.29 is 9.84 Å². The molecular weight excluding hydrogens is 324 g/mol.